The Labute approximate surface area is 123 Å². The van der Waals surface area contributed by atoms with Crippen molar-refractivity contribution in [2.24, 2.45) is 0 Å². The Kier molecular flexibility index (Phi) is 2.56. The van der Waals surface area contributed by atoms with Crippen LogP contribution in [0.15, 0.2) is 48.5 Å². The fourth-order valence-electron chi connectivity index (χ4n) is 3.38. The molecule has 2 aliphatic rings. The molecule has 1 saturated heterocycles. The van der Waals surface area contributed by atoms with Gasteiger partial charge < -0.3 is 10.1 Å². The van der Waals surface area contributed by atoms with Crippen LogP contribution in [-0.2, 0) is 10.5 Å². The third kappa shape index (κ3) is 1.51. The molecule has 0 spiro atoms. The zero-order valence-electron chi connectivity index (χ0n) is 11.8. The monoisotopic (exact) mass is 280 g/mol. The van der Waals surface area contributed by atoms with Crippen molar-refractivity contribution in [2.75, 3.05) is 25.5 Å². The zero-order valence-corrected chi connectivity index (χ0v) is 11.8. The average molecular weight is 280 g/mol. The van der Waals surface area contributed by atoms with Gasteiger partial charge in [-0.15, -0.1) is 0 Å². The number of carbonyl (C=O) groups is 1. The molecule has 1 atom stereocenters. The van der Waals surface area contributed by atoms with E-state index in [1.807, 2.05) is 60.5 Å². The van der Waals surface area contributed by atoms with E-state index >= 15 is 0 Å². The summed E-state index contributed by atoms with van der Waals surface area (Å²) in [6, 6.07) is 15.8. The summed E-state index contributed by atoms with van der Waals surface area (Å²) in [6.45, 7) is 1.18. The molecule has 4 rings (SSSR count). The highest BCUT2D eigenvalue weighted by Crippen LogP contribution is 2.48. The summed E-state index contributed by atoms with van der Waals surface area (Å²) in [6.07, 6.45) is 0. The maximum Gasteiger partial charge on any atom is 0.257 e. The smallest absolute Gasteiger partial charge is 0.257 e. The summed E-state index contributed by atoms with van der Waals surface area (Å²) < 4.78 is 6.12. The topological polar surface area (TPSA) is 41.6 Å². The lowest BCUT2D eigenvalue weighted by atomic mass is 9.93. The van der Waals surface area contributed by atoms with E-state index in [0.717, 1.165) is 22.4 Å². The minimum Gasteiger partial charge on any atom is -0.388 e. The summed E-state index contributed by atoms with van der Waals surface area (Å²) in [5.41, 5.74) is 2.92. The van der Waals surface area contributed by atoms with E-state index in [0.29, 0.717) is 13.2 Å². The van der Waals surface area contributed by atoms with E-state index < -0.39 is 5.72 Å². The quantitative estimate of drug-likeness (QED) is 0.918. The number of carbonyl (C=O) groups excluding carboxylic acids is 1. The predicted molar refractivity (Wildman–Crippen MR) is 80.2 cm³/mol. The molecule has 0 aliphatic carbocycles. The van der Waals surface area contributed by atoms with Crippen LogP contribution in [0.25, 0.3) is 0 Å². The predicted octanol–water partition coefficient (Wildman–Crippen LogP) is 2.42. The van der Waals surface area contributed by atoms with Crippen LogP contribution in [-0.4, -0.2) is 31.0 Å². The van der Waals surface area contributed by atoms with Crippen LogP contribution in [0.2, 0.25) is 0 Å². The molecule has 2 aliphatic heterocycles. The fourth-order valence-corrected chi connectivity index (χ4v) is 3.38. The average Bonchev–Trinajstić information content (AvgIpc) is 3.08. The first-order valence-electron chi connectivity index (χ1n) is 7.11. The van der Waals surface area contributed by atoms with E-state index in [1.54, 1.807) is 0 Å². The Balaban J connectivity index is 1.97. The summed E-state index contributed by atoms with van der Waals surface area (Å²) in [4.78, 5) is 14.5. The molecule has 1 fully saturated rings. The van der Waals surface area contributed by atoms with E-state index in [2.05, 4.69) is 5.32 Å². The van der Waals surface area contributed by atoms with Gasteiger partial charge in [0.15, 0.2) is 5.72 Å². The molecule has 4 nitrogen and oxygen atoms in total. The SMILES string of the molecule is CNc1cccc(C23OCCN2C(=O)c2ccccc23)c1. The number of ether oxygens (including phenoxy) is 1. The van der Waals surface area contributed by atoms with Gasteiger partial charge in [-0.25, -0.2) is 0 Å². The lowest BCUT2D eigenvalue weighted by Crippen LogP contribution is -2.40. The number of rotatable bonds is 2. The largest absolute Gasteiger partial charge is 0.388 e. The summed E-state index contributed by atoms with van der Waals surface area (Å²) >= 11 is 0. The first-order valence-corrected chi connectivity index (χ1v) is 7.11. The molecule has 4 heteroatoms. The van der Waals surface area contributed by atoms with Gasteiger partial charge in [0.1, 0.15) is 0 Å². The molecule has 2 heterocycles. The van der Waals surface area contributed by atoms with Gasteiger partial charge >= 0.3 is 0 Å². The van der Waals surface area contributed by atoms with Crippen LogP contribution in [0.1, 0.15) is 21.5 Å². The van der Waals surface area contributed by atoms with Crippen LogP contribution in [0.5, 0.6) is 0 Å². The summed E-state index contributed by atoms with van der Waals surface area (Å²) in [5.74, 6) is 0.0537. The van der Waals surface area contributed by atoms with Gasteiger partial charge in [0.25, 0.3) is 5.91 Å². The van der Waals surface area contributed by atoms with E-state index in [-0.39, 0.29) is 5.91 Å². The third-order valence-electron chi connectivity index (χ3n) is 4.32. The number of anilines is 1. The Morgan fingerprint density at radius 2 is 2.05 bits per heavy atom. The van der Waals surface area contributed by atoms with Crippen molar-refractivity contribution in [3.8, 4) is 0 Å². The molecule has 106 valence electrons. The molecule has 21 heavy (non-hydrogen) atoms. The lowest BCUT2D eigenvalue weighted by Gasteiger charge is -2.32. The zero-order chi connectivity index (χ0) is 14.4. The first kappa shape index (κ1) is 12.4. The molecule has 1 amide bonds. The van der Waals surface area contributed by atoms with Crippen molar-refractivity contribution in [2.45, 2.75) is 5.72 Å². The van der Waals surface area contributed by atoms with Gasteiger partial charge in [0.2, 0.25) is 0 Å². The summed E-state index contributed by atoms with van der Waals surface area (Å²) in [7, 11) is 1.89. The Bertz CT molecular complexity index is 728. The Hall–Kier alpha value is -2.33. The van der Waals surface area contributed by atoms with Gasteiger partial charge in [-0.3, -0.25) is 9.69 Å². The van der Waals surface area contributed by atoms with Crippen molar-refractivity contribution < 1.29 is 9.53 Å². The number of nitrogens with zero attached hydrogens (tertiary/aromatic N) is 1. The second-order valence-electron chi connectivity index (χ2n) is 5.33. The summed E-state index contributed by atoms with van der Waals surface area (Å²) in [5, 5.41) is 3.14. The fraction of sp³-hybridized carbons (Fsp3) is 0.235. The molecule has 2 aromatic rings. The second-order valence-corrected chi connectivity index (χ2v) is 5.33. The third-order valence-corrected chi connectivity index (χ3v) is 4.32. The standard InChI is InChI=1S/C17H16N2O2/c1-18-13-6-4-5-12(11-13)17-15-8-3-2-7-14(15)16(20)19(17)9-10-21-17/h2-8,11,18H,9-10H2,1H3. The van der Waals surface area contributed by atoms with Crippen LogP contribution in [0.3, 0.4) is 0 Å². The van der Waals surface area contributed by atoms with Gasteiger partial charge in [-0.1, -0.05) is 30.3 Å². The number of hydrogen-bond acceptors (Lipinski definition) is 3. The molecule has 0 radical (unpaired) electrons. The van der Waals surface area contributed by atoms with Crippen LogP contribution >= 0.6 is 0 Å². The van der Waals surface area contributed by atoms with E-state index in [1.165, 1.54) is 0 Å². The van der Waals surface area contributed by atoms with Gasteiger partial charge in [0.05, 0.1) is 6.61 Å². The van der Waals surface area contributed by atoms with Crippen LogP contribution in [0.4, 0.5) is 5.69 Å². The Morgan fingerprint density at radius 1 is 1.19 bits per heavy atom. The van der Waals surface area contributed by atoms with E-state index in [4.69, 9.17) is 4.74 Å². The first-order chi connectivity index (χ1) is 10.3. The van der Waals surface area contributed by atoms with Crippen molar-refractivity contribution in [3.05, 3.63) is 65.2 Å². The number of fused-ring (bicyclic) bond motifs is 3. The normalized spacial score (nSPS) is 23.1. The van der Waals surface area contributed by atoms with Crippen molar-refractivity contribution in [1.29, 1.82) is 0 Å². The number of hydrogen-bond donors (Lipinski definition) is 1. The maximum atomic E-state index is 12.6. The molecule has 1 unspecified atom stereocenters. The van der Waals surface area contributed by atoms with Crippen molar-refractivity contribution >= 4 is 11.6 Å². The molecule has 0 bridgehead atoms. The van der Waals surface area contributed by atoms with Crippen molar-refractivity contribution in [3.63, 3.8) is 0 Å². The number of nitrogens with one attached hydrogen (secondary N) is 1. The molecular formula is C17H16N2O2. The Morgan fingerprint density at radius 3 is 2.90 bits per heavy atom. The van der Waals surface area contributed by atoms with Gasteiger partial charge in [-0.05, 0) is 18.2 Å². The highest BCUT2D eigenvalue weighted by Gasteiger charge is 2.55. The van der Waals surface area contributed by atoms with E-state index in [9.17, 15) is 4.79 Å². The van der Waals surface area contributed by atoms with Gasteiger partial charge in [-0.2, -0.15) is 0 Å². The number of amides is 1. The van der Waals surface area contributed by atoms with Gasteiger partial charge in [0, 0.05) is 36.0 Å². The van der Waals surface area contributed by atoms with Crippen LogP contribution in [0, 0.1) is 0 Å². The van der Waals surface area contributed by atoms with Crippen molar-refractivity contribution in [1.82, 2.24) is 4.90 Å². The van der Waals surface area contributed by atoms with Crippen LogP contribution < -0.4 is 5.32 Å². The molecule has 1 N–H and O–H groups in total. The maximum absolute atomic E-state index is 12.6. The molecule has 0 saturated carbocycles. The molecular weight excluding hydrogens is 264 g/mol. The highest BCUT2D eigenvalue weighted by molar-refractivity contribution is 6.00. The molecule has 0 aromatic heterocycles. The minimum atomic E-state index is -0.763. The highest BCUT2D eigenvalue weighted by atomic mass is 16.5. The lowest BCUT2D eigenvalue weighted by molar-refractivity contribution is -0.0303. The number of benzene rings is 2. The molecule has 2 aromatic carbocycles. The minimum absolute atomic E-state index is 0.0537. The second kappa shape index (κ2) is 4.33.